The van der Waals surface area contributed by atoms with Gasteiger partial charge < -0.3 is 10.1 Å². The second-order valence-electron chi connectivity index (χ2n) is 8.09. The quantitative estimate of drug-likeness (QED) is 0.287. The number of carbonyl (C=O) groups is 1. The molecule has 0 radical (unpaired) electrons. The molecule has 0 unspecified atom stereocenters. The number of nitrogens with one attached hydrogen (secondary N) is 1. The standard InChI is InChI=1S/C25H29I2N3O2/c1-17-6-5-11-30(15-17)16-20-8-9-21(13-23(20)32-25(26-3)27-4)29-24(31)22-10-7-19(14-28)12-18(22)2/h7-10,12-13,17,25H,3-6,11,15-16H2,1-2H3,(H,29,31)/t17-/m0/s1. The van der Waals surface area contributed by atoms with Crippen LogP contribution in [0.1, 0.15) is 46.8 Å². The van der Waals surface area contributed by atoms with Crippen LogP contribution in [0.3, 0.4) is 0 Å². The average molecular weight is 657 g/mol. The minimum absolute atomic E-state index is 0.151. The van der Waals surface area contributed by atoms with E-state index >= 15 is 0 Å². The summed E-state index contributed by atoms with van der Waals surface area (Å²) in [6, 6.07) is 13.1. The van der Waals surface area contributed by atoms with Crippen molar-refractivity contribution >= 4 is 62.1 Å². The number of carbonyl (C=O) groups excluding carboxylic acids is 1. The zero-order valence-corrected chi connectivity index (χ0v) is 22.9. The van der Waals surface area contributed by atoms with E-state index in [1.165, 1.54) is 12.8 Å². The molecule has 0 bridgehead atoms. The predicted molar refractivity (Wildman–Crippen MR) is 151 cm³/mol. The molecule has 1 N–H and O–H groups in total. The van der Waals surface area contributed by atoms with Gasteiger partial charge in [0.2, 0.25) is 0 Å². The number of halogens is 2. The predicted octanol–water partition coefficient (Wildman–Crippen LogP) is 5.82. The maximum atomic E-state index is 12.9. The van der Waals surface area contributed by atoms with E-state index in [1.54, 1.807) is 18.2 Å². The van der Waals surface area contributed by atoms with Crippen molar-refractivity contribution in [2.24, 2.45) is 5.92 Å². The molecule has 1 heterocycles. The fourth-order valence-electron chi connectivity index (χ4n) is 3.93. The van der Waals surface area contributed by atoms with Gasteiger partial charge in [-0.3, -0.25) is 9.69 Å². The zero-order chi connectivity index (χ0) is 23.1. The summed E-state index contributed by atoms with van der Waals surface area (Å²) in [6.07, 6.45) is 2.52. The van der Waals surface area contributed by atoms with E-state index in [1.807, 2.05) is 19.1 Å². The summed E-state index contributed by atoms with van der Waals surface area (Å²) < 4.78 is 14.7. The summed E-state index contributed by atoms with van der Waals surface area (Å²) in [5.74, 6) is 1.35. The number of benzene rings is 2. The van der Waals surface area contributed by atoms with Crippen molar-refractivity contribution in [2.45, 2.75) is 35.4 Å². The third-order valence-corrected chi connectivity index (χ3v) is 11.9. The number of ether oxygens (including phenoxy) is 1. The highest BCUT2D eigenvalue weighted by molar-refractivity contribution is 14.3. The summed E-state index contributed by atoms with van der Waals surface area (Å²) in [7, 11) is 0. The Morgan fingerprint density at radius 3 is 2.75 bits per heavy atom. The molecule has 1 aliphatic heterocycles. The van der Waals surface area contributed by atoms with E-state index in [0.717, 1.165) is 36.5 Å². The zero-order valence-electron chi connectivity index (χ0n) is 18.5. The minimum Gasteiger partial charge on any atom is -0.471 e. The fourth-order valence-corrected chi connectivity index (χ4v) is 6.65. The van der Waals surface area contributed by atoms with Gasteiger partial charge in [0.15, 0.2) is 2.12 Å². The first-order chi connectivity index (χ1) is 15.4. The number of amides is 1. The first-order valence-corrected chi connectivity index (χ1v) is 16.1. The van der Waals surface area contributed by atoms with Crippen LogP contribution in [0.2, 0.25) is 0 Å². The molecule has 1 fully saturated rings. The number of hydrogen-bond donors (Lipinski definition) is 1. The third-order valence-electron chi connectivity index (χ3n) is 5.52. The normalized spacial score (nSPS) is 16.5. The second kappa shape index (κ2) is 12.0. The lowest BCUT2D eigenvalue weighted by atomic mass is 9.99. The van der Waals surface area contributed by atoms with E-state index in [-0.39, 0.29) is 49.5 Å². The molecule has 0 aromatic heterocycles. The third kappa shape index (κ3) is 6.68. The van der Waals surface area contributed by atoms with Crippen LogP contribution in [-0.4, -0.2) is 35.0 Å². The molecule has 7 heteroatoms. The molecule has 170 valence electrons. The Kier molecular flexibility index (Phi) is 9.37. The fraction of sp³-hybridized carbons (Fsp3) is 0.360. The molecule has 3 rings (SSSR count). The smallest absolute Gasteiger partial charge is 0.255 e. The van der Waals surface area contributed by atoms with Crippen molar-refractivity contribution in [3.05, 3.63) is 58.7 Å². The summed E-state index contributed by atoms with van der Waals surface area (Å²) >= 11 is -0.624. The van der Waals surface area contributed by atoms with Gasteiger partial charge in [-0.1, -0.05) is 63.5 Å². The number of rotatable bonds is 8. The van der Waals surface area contributed by atoms with Gasteiger partial charge in [-0.2, -0.15) is 5.26 Å². The lowest BCUT2D eigenvalue weighted by Gasteiger charge is -2.31. The first-order valence-electron chi connectivity index (χ1n) is 10.5. The Balaban J connectivity index is 1.83. The van der Waals surface area contributed by atoms with E-state index in [9.17, 15) is 4.79 Å². The Morgan fingerprint density at radius 1 is 1.31 bits per heavy atom. The van der Waals surface area contributed by atoms with E-state index in [2.05, 4.69) is 38.3 Å². The molecule has 5 nitrogen and oxygen atoms in total. The number of nitriles is 1. The highest BCUT2D eigenvalue weighted by Crippen LogP contribution is 2.32. The van der Waals surface area contributed by atoms with Crippen LogP contribution in [0, 0.1) is 24.2 Å². The highest BCUT2D eigenvalue weighted by atomic mass is 127. The SMILES string of the molecule is C=IC(Oc1cc(NC(=O)c2ccc(C#N)cc2C)ccc1CN1CCC[C@H](C)C1)I=C. The highest BCUT2D eigenvalue weighted by Gasteiger charge is 2.19. The van der Waals surface area contributed by atoms with Gasteiger partial charge in [-0.15, -0.1) is 0 Å². The summed E-state index contributed by atoms with van der Waals surface area (Å²) in [6.45, 7) is 7.20. The van der Waals surface area contributed by atoms with Crippen LogP contribution in [0.25, 0.3) is 0 Å². The lowest BCUT2D eigenvalue weighted by molar-refractivity contribution is 0.102. The van der Waals surface area contributed by atoms with Crippen molar-refractivity contribution in [3.8, 4) is 11.8 Å². The Labute approximate surface area is 210 Å². The molecule has 1 atom stereocenters. The molecule has 32 heavy (non-hydrogen) atoms. The van der Waals surface area contributed by atoms with Crippen molar-refractivity contribution in [2.75, 3.05) is 18.4 Å². The van der Waals surface area contributed by atoms with Crippen molar-refractivity contribution in [3.63, 3.8) is 0 Å². The maximum Gasteiger partial charge on any atom is 0.255 e. The summed E-state index contributed by atoms with van der Waals surface area (Å²) in [5, 5.41) is 12.1. The molecular weight excluding hydrogens is 628 g/mol. The van der Waals surface area contributed by atoms with Gasteiger partial charge in [0.25, 0.3) is 5.91 Å². The van der Waals surface area contributed by atoms with E-state index in [0.29, 0.717) is 22.7 Å². The topological polar surface area (TPSA) is 65.4 Å². The minimum atomic E-state index is -0.312. The number of nitrogens with zero attached hydrogens (tertiary/aromatic N) is 2. The Bertz CT molecular complexity index is 1040. The van der Waals surface area contributed by atoms with Gasteiger partial charge in [0.05, 0.1) is 11.6 Å². The van der Waals surface area contributed by atoms with Crippen molar-refractivity contribution in [1.29, 1.82) is 5.26 Å². The van der Waals surface area contributed by atoms with E-state index < -0.39 is 0 Å². The molecule has 2 aromatic carbocycles. The van der Waals surface area contributed by atoms with Gasteiger partial charge >= 0.3 is 0 Å². The van der Waals surface area contributed by atoms with Crippen molar-refractivity contribution in [1.82, 2.24) is 4.90 Å². The van der Waals surface area contributed by atoms with Crippen LogP contribution < -0.4 is 10.1 Å². The molecule has 0 aliphatic carbocycles. The van der Waals surface area contributed by atoms with Crippen LogP contribution in [0.15, 0.2) is 36.4 Å². The Hall–Kier alpha value is -1.64. The molecule has 2 aromatic rings. The number of anilines is 1. The van der Waals surface area contributed by atoms with Crippen LogP contribution in [0.5, 0.6) is 5.75 Å². The lowest BCUT2D eigenvalue weighted by Crippen LogP contribution is -2.33. The van der Waals surface area contributed by atoms with E-state index in [4.69, 9.17) is 10.00 Å². The summed E-state index contributed by atoms with van der Waals surface area (Å²) in [5.41, 5.74) is 3.73. The largest absolute Gasteiger partial charge is 0.471 e. The molecule has 1 amide bonds. The second-order valence-corrected chi connectivity index (χ2v) is 14.5. The van der Waals surface area contributed by atoms with Gasteiger partial charge in [-0.05, 0) is 62.1 Å². The molecule has 0 spiro atoms. The Morgan fingerprint density at radius 2 is 2.09 bits per heavy atom. The van der Waals surface area contributed by atoms with Gasteiger partial charge in [0.1, 0.15) is 5.75 Å². The van der Waals surface area contributed by atoms with Crippen LogP contribution >= 0.6 is 41.5 Å². The van der Waals surface area contributed by atoms with Gasteiger partial charge in [-0.25, -0.2) is 0 Å². The molecule has 1 saturated heterocycles. The average Bonchev–Trinajstić information content (AvgIpc) is 2.78. The number of piperidine rings is 1. The monoisotopic (exact) mass is 657 g/mol. The van der Waals surface area contributed by atoms with Crippen LogP contribution in [0.4, 0.5) is 5.69 Å². The molecule has 0 saturated carbocycles. The van der Waals surface area contributed by atoms with Crippen LogP contribution in [-0.2, 0) is 6.54 Å². The van der Waals surface area contributed by atoms with Crippen molar-refractivity contribution < 1.29 is 9.53 Å². The number of alkyl halides is 2. The number of aryl methyl sites for hydroxylation is 1. The van der Waals surface area contributed by atoms with Gasteiger partial charge in [0, 0.05) is 36.0 Å². The number of likely N-dealkylation sites (tertiary alicyclic amines) is 1. The molecule has 1 aliphatic rings. The first kappa shape index (κ1) is 25.0. The molecular formula is C25H29I2N3O2. The summed E-state index contributed by atoms with van der Waals surface area (Å²) in [4.78, 5) is 15.4. The maximum absolute atomic E-state index is 12.9. The number of hydrogen-bond acceptors (Lipinski definition) is 4.